The van der Waals surface area contributed by atoms with E-state index in [1.807, 2.05) is 12.3 Å². The molecule has 1 aromatic heterocycles. The van der Waals surface area contributed by atoms with Crippen LogP contribution in [-0.2, 0) is 12.8 Å². The van der Waals surface area contributed by atoms with E-state index in [2.05, 4.69) is 59.6 Å². The lowest BCUT2D eigenvalue weighted by Crippen LogP contribution is -1.93. The number of rotatable bonds is 3. The van der Waals surface area contributed by atoms with Gasteiger partial charge in [-0.2, -0.15) is 0 Å². The van der Waals surface area contributed by atoms with Gasteiger partial charge in [0.05, 0.1) is 5.52 Å². The van der Waals surface area contributed by atoms with Crippen LogP contribution in [-0.4, -0.2) is 4.98 Å². The van der Waals surface area contributed by atoms with Crippen molar-refractivity contribution in [2.24, 2.45) is 0 Å². The highest BCUT2D eigenvalue weighted by molar-refractivity contribution is 5.81. The van der Waals surface area contributed by atoms with Crippen molar-refractivity contribution in [1.82, 2.24) is 4.98 Å². The Labute approximate surface area is 107 Å². The van der Waals surface area contributed by atoms with Crippen LogP contribution in [0.2, 0.25) is 0 Å². The molecule has 18 heavy (non-hydrogen) atoms. The van der Waals surface area contributed by atoms with Crippen LogP contribution in [0.5, 0.6) is 0 Å². The summed E-state index contributed by atoms with van der Waals surface area (Å²) in [6, 6.07) is 21.1. The molecule has 0 aliphatic rings. The fraction of sp³-hybridized carbons (Fsp3) is 0.118. The van der Waals surface area contributed by atoms with E-state index in [0.29, 0.717) is 0 Å². The number of hydrogen-bond donors (Lipinski definition) is 0. The molecular formula is C17H15N. The van der Waals surface area contributed by atoms with Crippen molar-refractivity contribution in [2.75, 3.05) is 0 Å². The Morgan fingerprint density at radius 3 is 2.44 bits per heavy atom. The maximum absolute atomic E-state index is 4.49. The quantitative estimate of drug-likeness (QED) is 0.665. The zero-order chi connectivity index (χ0) is 12.2. The van der Waals surface area contributed by atoms with E-state index in [4.69, 9.17) is 0 Å². The molecule has 0 amide bonds. The number of benzene rings is 2. The zero-order valence-corrected chi connectivity index (χ0v) is 10.2. The van der Waals surface area contributed by atoms with Gasteiger partial charge in [-0.15, -0.1) is 0 Å². The second-order valence-electron chi connectivity index (χ2n) is 4.48. The number of fused-ring (bicyclic) bond motifs is 1. The third-order valence-corrected chi connectivity index (χ3v) is 3.24. The third-order valence-electron chi connectivity index (χ3n) is 3.24. The summed E-state index contributed by atoms with van der Waals surface area (Å²) in [5, 5.41) is 1.23. The van der Waals surface area contributed by atoms with E-state index in [1.54, 1.807) is 0 Å². The Bertz CT molecular complexity index is 639. The molecule has 0 fully saturated rings. The number of para-hydroxylation sites is 1. The second-order valence-corrected chi connectivity index (χ2v) is 4.48. The molecule has 0 N–H and O–H groups in total. The first-order valence-corrected chi connectivity index (χ1v) is 6.30. The minimum atomic E-state index is 1.04. The van der Waals surface area contributed by atoms with Crippen molar-refractivity contribution in [3.8, 4) is 0 Å². The summed E-state index contributed by atoms with van der Waals surface area (Å²) in [6.45, 7) is 0. The monoisotopic (exact) mass is 233 g/mol. The topological polar surface area (TPSA) is 12.9 Å². The van der Waals surface area contributed by atoms with E-state index in [9.17, 15) is 0 Å². The highest BCUT2D eigenvalue weighted by Gasteiger charge is 2.01. The van der Waals surface area contributed by atoms with Crippen molar-refractivity contribution in [2.45, 2.75) is 12.8 Å². The van der Waals surface area contributed by atoms with Crippen molar-refractivity contribution < 1.29 is 0 Å². The van der Waals surface area contributed by atoms with Crippen molar-refractivity contribution in [3.63, 3.8) is 0 Å². The van der Waals surface area contributed by atoms with Gasteiger partial charge < -0.3 is 0 Å². The molecule has 1 nitrogen and oxygen atoms in total. The normalized spacial score (nSPS) is 10.7. The Morgan fingerprint density at radius 2 is 1.56 bits per heavy atom. The first-order valence-electron chi connectivity index (χ1n) is 6.30. The molecule has 0 spiro atoms. The van der Waals surface area contributed by atoms with Crippen LogP contribution in [0, 0.1) is 0 Å². The Kier molecular flexibility index (Phi) is 3.05. The molecule has 0 saturated heterocycles. The molecule has 0 aliphatic carbocycles. The molecule has 3 aromatic rings. The van der Waals surface area contributed by atoms with E-state index >= 15 is 0 Å². The average molecular weight is 233 g/mol. The maximum Gasteiger partial charge on any atom is 0.0733 e. The van der Waals surface area contributed by atoms with Crippen LogP contribution < -0.4 is 0 Å². The van der Waals surface area contributed by atoms with Crippen LogP contribution in [0.15, 0.2) is 66.9 Å². The van der Waals surface area contributed by atoms with Gasteiger partial charge in [0.25, 0.3) is 0 Å². The van der Waals surface area contributed by atoms with Gasteiger partial charge in [0, 0.05) is 11.6 Å². The molecule has 1 heterocycles. The summed E-state index contributed by atoms with van der Waals surface area (Å²) in [6.07, 6.45) is 3.98. The molecule has 0 radical (unpaired) electrons. The largest absolute Gasteiger partial charge is 0.256 e. The molecule has 0 saturated carbocycles. The van der Waals surface area contributed by atoms with E-state index in [1.165, 1.54) is 16.5 Å². The van der Waals surface area contributed by atoms with Gasteiger partial charge in [-0.1, -0.05) is 54.6 Å². The summed E-state index contributed by atoms with van der Waals surface area (Å²) in [4.78, 5) is 4.49. The van der Waals surface area contributed by atoms with Gasteiger partial charge >= 0.3 is 0 Å². The Morgan fingerprint density at radius 1 is 0.722 bits per heavy atom. The first-order chi connectivity index (χ1) is 8.93. The van der Waals surface area contributed by atoms with Crippen molar-refractivity contribution in [3.05, 3.63) is 78.0 Å². The van der Waals surface area contributed by atoms with Crippen LogP contribution >= 0.6 is 0 Å². The summed E-state index contributed by atoms with van der Waals surface area (Å²) in [7, 11) is 0. The molecule has 88 valence electrons. The molecular weight excluding hydrogens is 218 g/mol. The minimum absolute atomic E-state index is 1.04. The summed E-state index contributed by atoms with van der Waals surface area (Å²) in [5.41, 5.74) is 3.85. The van der Waals surface area contributed by atoms with E-state index < -0.39 is 0 Å². The fourth-order valence-electron chi connectivity index (χ4n) is 2.29. The van der Waals surface area contributed by atoms with Gasteiger partial charge in [-0.3, -0.25) is 4.98 Å². The SMILES string of the molecule is c1ccc(CCc2cccc3cccnc23)cc1. The standard InChI is InChI=1S/C17H15N/c1-2-6-14(7-3-1)11-12-16-9-4-8-15-10-5-13-18-17(15)16/h1-10,13H,11-12H2. The predicted octanol–water partition coefficient (Wildman–Crippen LogP) is 4.02. The first kappa shape index (κ1) is 11.0. The van der Waals surface area contributed by atoms with Crippen molar-refractivity contribution in [1.29, 1.82) is 0 Å². The lowest BCUT2D eigenvalue weighted by atomic mass is 10.0. The molecule has 2 aromatic carbocycles. The summed E-state index contributed by atoms with van der Waals surface area (Å²) in [5.74, 6) is 0. The lowest BCUT2D eigenvalue weighted by molar-refractivity contribution is 0.965. The molecule has 3 rings (SSSR count). The Balaban J connectivity index is 1.87. The van der Waals surface area contributed by atoms with Gasteiger partial charge in [0.1, 0.15) is 0 Å². The van der Waals surface area contributed by atoms with Gasteiger partial charge in [0.15, 0.2) is 0 Å². The third kappa shape index (κ3) is 2.25. The smallest absolute Gasteiger partial charge is 0.0733 e. The van der Waals surface area contributed by atoms with E-state index in [-0.39, 0.29) is 0 Å². The number of hydrogen-bond acceptors (Lipinski definition) is 1. The van der Waals surface area contributed by atoms with Crippen LogP contribution in [0.25, 0.3) is 10.9 Å². The van der Waals surface area contributed by atoms with Crippen molar-refractivity contribution >= 4 is 10.9 Å². The predicted molar refractivity (Wildman–Crippen MR) is 75.6 cm³/mol. The lowest BCUT2D eigenvalue weighted by Gasteiger charge is -2.05. The highest BCUT2D eigenvalue weighted by atomic mass is 14.6. The van der Waals surface area contributed by atoms with Crippen LogP contribution in [0.1, 0.15) is 11.1 Å². The summed E-state index contributed by atoms with van der Waals surface area (Å²) >= 11 is 0. The van der Waals surface area contributed by atoms with E-state index in [0.717, 1.165) is 18.4 Å². The average Bonchev–Trinajstić information content (AvgIpc) is 2.46. The number of nitrogens with zero attached hydrogens (tertiary/aromatic N) is 1. The van der Waals surface area contributed by atoms with Crippen LogP contribution in [0.3, 0.4) is 0 Å². The molecule has 0 bridgehead atoms. The number of aryl methyl sites for hydroxylation is 2. The number of aromatic nitrogens is 1. The molecule has 1 heteroatoms. The number of pyridine rings is 1. The molecule has 0 aliphatic heterocycles. The summed E-state index contributed by atoms with van der Waals surface area (Å²) < 4.78 is 0. The Hall–Kier alpha value is -2.15. The minimum Gasteiger partial charge on any atom is -0.256 e. The highest BCUT2D eigenvalue weighted by Crippen LogP contribution is 2.17. The van der Waals surface area contributed by atoms with Gasteiger partial charge in [0.2, 0.25) is 0 Å². The van der Waals surface area contributed by atoms with Gasteiger partial charge in [-0.25, -0.2) is 0 Å². The molecule has 0 atom stereocenters. The molecule has 0 unspecified atom stereocenters. The fourth-order valence-corrected chi connectivity index (χ4v) is 2.29. The zero-order valence-electron chi connectivity index (χ0n) is 10.2. The maximum atomic E-state index is 4.49. The second kappa shape index (κ2) is 5.01. The van der Waals surface area contributed by atoms with Crippen LogP contribution in [0.4, 0.5) is 0 Å². The van der Waals surface area contributed by atoms with Gasteiger partial charge in [-0.05, 0) is 30.0 Å².